The Balaban J connectivity index is 1.97. The van der Waals surface area contributed by atoms with Gasteiger partial charge in [-0.3, -0.25) is 0 Å². The van der Waals surface area contributed by atoms with Crippen molar-refractivity contribution in [1.29, 1.82) is 0 Å². The van der Waals surface area contributed by atoms with E-state index in [1.54, 1.807) is 22.9 Å². The number of thiazole rings is 1. The molecule has 0 radical (unpaired) electrons. The van der Waals surface area contributed by atoms with Gasteiger partial charge in [-0.05, 0) is 19.1 Å². The van der Waals surface area contributed by atoms with Crippen LogP contribution in [-0.4, -0.2) is 30.9 Å². The second kappa shape index (κ2) is 6.69. The van der Waals surface area contributed by atoms with Crippen LogP contribution in [0.5, 0.6) is 5.75 Å². The van der Waals surface area contributed by atoms with Crippen molar-refractivity contribution >= 4 is 17.3 Å². The molecule has 2 N–H and O–H groups in total. The lowest BCUT2D eigenvalue weighted by Gasteiger charge is -2.06. The van der Waals surface area contributed by atoms with Gasteiger partial charge in [0, 0.05) is 22.1 Å². The minimum Gasteiger partial charge on any atom is -0.508 e. The highest BCUT2D eigenvalue weighted by molar-refractivity contribution is 7.12. The fourth-order valence-electron chi connectivity index (χ4n) is 2.96. The minimum absolute atomic E-state index is 0.0220. The largest absolute Gasteiger partial charge is 0.508 e. The molecule has 0 saturated carbocycles. The lowest BCUT2D eigenvalue weighted by molar-refractivity contribution is 0.0691. The maximum atomic E-state index is 11.2. The maximum Gasteiger partial charge on any atom is 0.355 e. The van der Waals surface area contributed by atoms with Gasteiger partial charge in [0.2, 0.25) is 5.13 Å². The molecule has 0 aliphatic heterocycles. The lowest BCUT2D eigenvalue weighted by atomic mass is 10.0. The van der Waals surface area contributed by atoms with Gasteiger partial charge >= 0.3 is 5.97 Å². The zero-order chi connectivity index (χ0) is 19.0. The molecule has 2 aromatic heterocycles. The van der Waals surface area contributed by atoms with Crippen molar-refractivity contribution in [2.75, 3.05) is 0 Å². The molecule has 2 heterocycles. The number of rotatable bonds is 4. The standard InChI is InChI=1S/C20H15N3O3S/c1-12-17(13-6-3-2-4-7-13)22-23(20-21-16(11-27-20)19(25)26)18(12)14-8-5-9-15(24)10-14/h2-11,24H,1H3,(H,25,26). The van der Waals surface area contributed by atoms with Crippen LogP contribution in [-0.2, 0) is 0 Å². The Kier molecular flexibility index (Phi) is 4.21. The van der Waals surface area contributed by atoms with Crippen molar-refractivity contribution in [2.24, 2.45) is 0 Å². The van der Waals surface area contributed by atoms with E-state index in [1.807, 2.05) is 43.3 Å². The zero-order valence-corrected chi connectivity index (χ0v) is 15.1. The zero-order valence-electron chi connectivity index (χ0n) is 14.3. The second-order valence-corrected chi connectivity index (χ2v) is 6.81. The van der Waals surface area contributed by atoms with Crippen LogP contribution in [0.2, 0.25) is 0 Å². The molecule has 7 heteroatoms. The number of carboxylic acid groups (broad SMARTS) is 1. The van der Waals surface area contributed by atoms with Gasteiger partial charge in [0.1, 0.15) is 5.75 Å². The fourth-order valence-corrected chi connectivity index (χ4v) is 3.71. The average Bonchev–Trinajstić information content (AvgIpc) is 3.27. The van der Waals surface area contributed by atoms with E-state index in [-0.39, 0.29) is 11.4 Å². The SMILES string of the molecule is Cc1c(-c2ccccc2)nn(-c2nc(C(=O)O)cs2)c1-c1cccc(O)c1. The molecule has 0 aliphatic carbocycles. The normalized spacial score (nSPS) is 10.9. The number of nitrogens with zero attached hydrogens (tertiary/aromatic N) is 3. The van der Waals surface area contributed by atoms with Crippen LogP contribution in [0.4, 0.5) is 0 Å². The van der Waals surface area contributed by atoms with Crippen LogP contribution in [0.25, 0.3) is 27.6 Å². The lowest BCUT2D eigenvalue weighted by Crippen LogP contribution is -2.02. The third kappa shape index (κ3) is 3.09. The number of aromatic hydroxyl groups is 1. The molecule has 0 spiro atoms. The van der Waals surface area contributed by atoms with Crippen LogP contribution in [0.3, 0.4) is 0 Å². The molecule has 0 unspecified atom stereocenters. The van der Waals surface area contributed by atoms with Crippen molar-refractivity contribution in [3.05, 3.63) is 71.2 Å². The summed E-state index contributed by atoms with van der Waals surface area (Å²) in [5.74, 6) is -0.935. The molecule has 134 valence electrons. The third-order valence-electron chi connectivity index (χ3n) is 4.18. The summed E-state index contributed by atoms with van der Waals surface area (Å²) < 4.78 is 1.64. The Morgan fingerprint density at radius 3 is 2.48 bits per heavy atom. The molecule has 0 bridgehead atoms. The predicted octanol–water partition coefficient (Wildman–Crippen LogP) is 4.38. The van der Waals surface area contributed by atoms with E-state index in [0.29, 0.717) is 5.13 Å². The van der Waals surface area contributed by atoms with Crippen molar-refractivity contribution in [2.45, 2.75) is 6.92 Å². The van der Waals surface area contributed by atoms with Gasteiger partial charge in [0.15, 0.2) is 5.69 Å². The summed E-state index contributed by atoms with van der Waals surface area (Å²) >= 11 is 1.21. The molecule has 6 nitrogen and oxygen atoms in total. The Hall–Kier alpha value is -3.45. The quantitative estimate of drug-likeness (QED) is 0.551. The average molecular weight is 377 g/mol. The first-order valence-corrected chi connectivity index (χ1v) is 9.06. The van der Waals surface area contributed by atoms with Crippen molar-refractivity contribution in [3.63, 3.8) is 0 Å². The summed E-state index contributed by atoms with van der Waals surface area (Å²) in [6.45, 7) is 1.96. The maximum absolute atomic E-state index is 11.2. The highest BCUT2D eigenvalue weighted by atomic mass is 32.1. The topological polar surface area (TPSA) is 88.2 Å². The summed E-state index contributed by atoms with van der Waals surface area (Å²) in [6, 6.07) is 16.6. The van der Waals surface area contributed by atoms with Gasteiger partial charge in [0.25, 0.3) is 0 Å². The van der Waals surface area contributed by atoms with Crippen LogP contribution < -0.4 is 0 Å². The van der Waals surface area contributed by atoms with E-state index < -0.39 is 5.97 Å². The molecule has 0 fully saturated rings. The van der Waals surface area contributed by atoms with Gasteiger partial charge < -0.3 is 10.2 Å². The van der Waals surface area contributed by atoms with E-state index in [1.165, 1.54) is 16.7 Å². The van der Waals surface area contributed by atoms with E-state index >= 15 is 0 Å². The predicted molar refractivity (Wildman–Crippen MR) is 103 cm³/mol. The van der Waals surface area contributed by atoms with Gasteiger partial charge in [0.05, 0.1) is 11.4 Å². The molecule has 4 aromatic rings. The molecule has 0 amide bonds. The number of carbonyl (C=O) groups is 1. The van der Waals surface area contributed by atoms with Gasteiger partial charge in [-0.15, -0.1) is 11.3 Å². The number of carboxylic acids is 1. The number of phenolic OH excluding ortho intramolecular Hbond substituents is 1. The smallest absolute Gasteiger partial charge is 0.355 e. The highest BCUT2D eigenvalue weighted by Crippen LogP contribution is 2.35. The van der Waals surface area contributed by atoms with E-state index in [2.05, 4.69) is 4.98 Å². The number of aromatic nitrogens is 3. The Bertz CT molecular complexity index is 1130. The second-order valence-electron chi connectivity index (χ2n) is 5.97. The van der Waals surface area contributed by atoms with Gasteiger partial charge in [-0.2, -0.15) is 5.10 Å². The minimum atomic E-state index is -1.08. The van der Waals surface area contributed by atoms with Gasteiger partial charge in [-0.25, -0.2) is 14.5 Å². The summed E-state index contributed by atoms with van der Waals surface area (Å²) in [7, 11) is 0. The number of hydrogen-bond acceptors (Lipinski definition) is 5. The third-order valence-corrected chi connectivity index (χ3v) is 5.00. The first-order chi connectivity index (χ1) is 13.0. The molecule has 0 aliphatic rings. The van der Waals surface area contributed by atoms with Crippen LogP contribution >= 0.6 is 11.3 Å². The van der Waals surface area contributed by atoms with Crippen LogP contribution in [0.15, 0.2) is 60.0 Å². The molecule has 0 saturated heterocycles. The van der Waals surface area contributed by atoms with E-state index in [9.17, 15) is 15.0 Å². The van der Waals surface area contributed by atoms with E-state index in [0.717, 1.165) is 28.1 Å². The van der Waals surface area contributed by atoms with Gasteiger partial charge in [-0.1, -0.05) is 42.5 Å². The first-order valence-electron chi connectivity index (χ1n) is 8.18. The van der Waals surface area contributed by atoms with Crippen LogP contribution in [0.1, 0.15) is 16.1 Å². The molecule has 27 heavy (non-hydrogen) atoms. The molecular formula is C20H15N3O3S. The summed E-state index contributed by atoms with van der Waals surface area (Å²) in [5, 5.41) is 25.8. The van der Waals surface area contributed by atoms with Crippen molar-refractivity contribution < 1.29 is 15.0 Å². The Labute approximate surface area is 159 Å². The van der Waals surface area contributed by atoms with Crippen LogP contribution in [0, 0.1) is 6.92 Å². The summed E-state index contributed by atoms with van der Waals surface area (Å²) in [4.78, 5) is 15.4. The summed E-state index contributed by atoms with van der Waals surface area (Å²) in [5.41, 5.74) is 4.15. The van der Waals surface area contributed by atoms with E-state index in [4.69, 9.17) is 5.10 Å². The molecular weight excluding hydrogens is 362 g/mol. The molecule has 4 rings (SSSR count). The first kappa shape index (κ1) is 17.0. The van der Waals surface area contributed by atoms with Crippen molar-refractivity contribution in [3.8, 4) is 33.4 Å². The monoisotopic (exact) mass is 377 g/mol. The Morgan fingerprint density at radius 1 is 1.07 bits per heavy atom. The number of hydrogen-bond donors (Lipinski definition) is 2. The number of aromatic carboxylic acids is 1. The van der Waals surface area contributed by atoms with Crippen molar-refractivity contribution in [1.82, 2.24) is 14.8 Å². The molecule has 0 atom stereocenters. The summed E-state index contributed by atoms with van der Waals surface area (Å²) in [6.07, 6.45) is 0. The highest BCUT2D eigenvalue weighted by Gasteiger charge is 2.21. The Morgan fingerprint density at radius 2 is 1.81 bits per heavy atom. The fraction of sp³-hybridized carbons (Fsp3) is 0.0500. The molecule has 2 aromatic carbocycles. The number of benzene rings is 2. The number of phenols is 1.